The summed E-state index contributed by atoms with van der Waals surface area (Å²) < 4.78 is 9.76. The van der Waals surface area contributed by atoms with Crippen LogP contribution in [0.1, 0.15) is 31.4 Å². The summed E-state index contributed by atoms with van der Waals surface area (Å²) in [6, 6.07) is 17.8. The number of hydrogen-bond donors (Lipinski definition) is 4. The van der Waals surface area contributed by atoms with E-state index in [9.17, 15) is 19.8 Å². The summed E-state index contributed by atoms with van der Waals surface area (Å²) in [5.41, 5.74) is 7.68. The lowest BCUT2D eigenvalue weighted by Gasteiger charge is -2.57. The number of aromatic nitrogens is 3. The average Bonchev–Trinajstić information content (AvgIpc) is 3.58. The van der Waals surface area contributed by atoms with Crippen molar-refractivity contribution >= 4 is 5.71 Å². The molecule has 2 aromatic carbocycles. The van der Waals surface area contributed by atoms with E-state index in [4.69, 9.17) is 9.57 Å². The Morgan fingerprint density at radius 1 is 1.12 bits per heavy atom. The molecule has 4 aliphatic heterocycles. The Balaban J connectivity index is 1.08. The van der Waals surface area contributed by atoms with Gasteiger partial charge in [-0.1, -0.05) is 53.7 Å². The van der Waals surface area contributed by atoms with Crippen molar-refractivity contribution in [1.29, 1.82) is 0 Å². The molecule has 1 saturated carbocycles. The zero-order chi connectivity index (χ0) is 29.0. The second-order valence-corrected chi connectivity index (χ2v) is 11.6. The van der Waals surface area contributed by atoms with Crippen LogP contribution >= 0.6 is 0 Å². The van der Waals surface area contributed by atoms with E-state index in [0.29, 0.717) is 37.3 Å². The standard InChI is InChI=1S/C29H35N7O6/c1-18(23-16-33(32-30-23)21(17-37)14-19-8-4-2-5-9-19)42-31-25-22-12-13-34-27(38)35(20-10-6-3-7-11-20)28(39)36(34)26(22)29(40)15-24(25)41-29/h2-11,18,21-24,26,30,32,37,40H,12-17H2,1H3/b31-25-/t18-,21-,22+,23?,24-,26+,29-/m0/s1. The van der Waals surface area contributed by atoms with Crippen molar-refractivity contribution in [2.75, 3.05) is 13.2 Å². The van der Waals surface area contributed by atoms with Gasteiger partial charge in [0.1, 0.15) is 18.2 Å². The predicted molar refractivity (Wildman–Crippen MR) is 152 cm³/mol. The minimum absolute atomic E-state index is 0.00469. The van der Waals surface area contributed by atoms with Gasteiger partial charge in [-0.15, -0.1) is 0 Å². The molecule has 0 spiro atoms. The third-order valence-electron chi connectivity index (χ3n) is 9.01. The van der Waals surface area contributed by atoms with Crippen LogP contribution in [-0.2, 0) is 22.5 Å². The molecule has 0 amide bonds. The van der Waals surface area contributed by atoms with Crippen LogP contribution in [0, 0.1) is 5.92 Å². The highest BCUT2D eigenvalue weighted by Crippen LogP contribution is 2.52. The van der Waals surface area contributed by atoms with Gasteiger partial charge in [0.05, 0.1) is 30.1 Å². The minimum Gasteiger partial charge on any atom is -0.395 e. The Bertz CT molecular complexity index is 1580. The number of fused-ring (bicyclic) bond motifs is 1. The summed E-state index contributed by atoms with van der Waals surface area (Å²) in [7, 11) is 0. The van der Waals surface area contributed by atoms with Crippen LogP contribution in [0.25, 0.3) is 5.69 Å². The van der Waals surface area contributed by atoms with Gasteiger partial charge in [0.15, 0.2) is 5.79 Å². The Hall–Kier alpha value is -3.59. The van der Waals surface area contributed by atoms with E-state index in [1.807, 2.05) is 48.3 Å². The molecule has 8 rings (SSSR count). The molecular weight excluding hydrogens is 542 g/mol. The molecule has 4 fully saturated rings. The molecule has 13 nitrogen and oxygen atoms in total. The van der Waals surface area contributed by atoms with Crippen LogP contribution < -0.4 is 22.3 Å². The molecule has 13 heteroatoms. The van der Waals surface area contributed by atoms with Crippen molar-refractivity contribution in [3.05, 3.63) is 87.2 Å². The van der Waals surface area contributed by atoms with Gasteiger partial charge in [-0.25, -0.2) is 34.0 Å². The van der Waals surface area contributed by atoms with Crippen molar-refractivity contribution in [3.63, 3.8) is 0 Å². The van der Waals surface area contributed by atoms with Gasteiger partial charge in [-0.3, -0.25) is 0 Å². The van der Waals surface area contributed by atoms with Crippen LogP contribution in [-0.4, -0.2) is 78.1 Å². The quantitative estimate of drug-likeness (QED) is 0.270. The number of rotatable bonds is 8. The molecule has 1 unspecified atom stereocenters. The van der Waals surface area contributed by atoms with Crippen molar-refractivity contribution in [2.45, 2.75) is 68.9 Å². The second-order valence-electron chi connectivity index (χ2n) is 11.6. The number of hydrazine groups is 2. The lowest BCUT2D eigenvalue weighted by molar-refractivity contribution is -0.347. The van der Waals surface area contributed by atoms with E-state index in [1.165, 1.54) is 9.36 Å². The lowest BCUT2D eigenvalue weighted by atomic mass is 9.70. The second kappa shape index (κ2) is 10.6. The molecule has 3 aromatic rings. The highest BCUT2D eigenvalue weighted by molar-refractivity contribution is 5.93. The Kier molecular flexibility index (Phi) is 6.88. The fourth-order valence-corrected chi connectivity index (χ4v) is 6.75. The molecule has 1 aliphatic carbocycles. The van der Waals surface area contributed by atoms with E-state index in [-0.39, 0.29) is 37.1 Å². The van der Waals surface area contributed by atoms with E-state index >= 15 is 0 Å². The summed E-state index contributed by atoms with van der Waals surface area (Å²) >= 11 is 0. The number of oxime groups is 1. The molecule has 5 heterocycles. The first kappa shape index (κ1) is 27.3. The largest absolute Gasteiger partial charge is 0.395 e. The summed E-state index contributed by atoms with van der Waals surface area (Å²) in [6.07, 6.45) is 0.711. The number of nitrogens with one attached hydrogen (secondary N) is 2. The first-order valence-electron chi connectivity index (χ1n) is 14.4. The number of aliphatic hydroxyl groups is 2. The first-order chi connectivity index (χ1) is 20.4. The molecule has 4 N–H and O–H groups in total. The number of benzene rings is 2. The Morgan fingerprint density at radius 2 is 1.83 bits per heavy atom. The summed E-state index contributed by atoms with van der Waals surface area (Å²) in [5, 5.41) is 27.9. The van der Waals surface area contributed by atoms with E-state index in [0.717, 1.165) is 10.1 Å². The highest BCUT2D eigenvalue weighted by Gasteiger charge is 2.64. The van der Waals surface area contributed by atoms with Gasteiger partial charge in [0.2, 0.25) is 0 Å². The summed E-state index contributed by atoms with van der Waals surface area (Å²) in [6.45, 7) is 2.80. The normalized spacial score (nSPS) is 30.8. The van der Waals surface area contributed by atoms with Gasteiger partial charge >= 0.3 is 11.4 Å². The zero-order valence-corrected chi connectivity index (χ0v) is 23.2. The van der Waals surface area contributed by atoms with Gasteiger partial charge in [-0.2, -0.15) is 5.53 Å². The minimum atomic E-state index is -1.56. The summed E-state index contributed by atoms with van der Waals surface area (Å²) in [5.74, 6) is -1.88. The van der Waals surface area contributed by atoms with Gasteiger partial charge in [0, 0.05) is 25.4 Å². The van der Waals surface area contributed by atoms with E-state index in [2.05, 4.69) is 16.1 Å². The zero-order valence-electron chi connectivity index (χ0n) is 23.2. The topological polar surface area (TPSA) is 148 Å². The first-order valence-corrected chi connectivity index (χ1v) is 14.4. The Labute approximate surface area is 241 Å². The molecule has 222 valence electrons. The monoisotopic (exact) mass is 577 g/mol. The molecule has 1 aromatic heterocycles. The SMILES string of the molecule is C[C@H](O/N=C1\[C@@H]2C[C@](O)(O2)[C@H]2[C@@H]1CCn1c(=O)n(-c3ccccc3)c(=O)n12)C1CN([C@H](CO)Cc2ccccc2)NN1. The third-order valence-corrected chi connectivity index (χ3v) is 9.01. The van der Waals surface area contributed by atoms with Gasteiger partial charge in [0.25, 0.3) is 0 Å². The molecule has 42 heavy (non-hydrogen) atoms. The summed E-state index contributed by atoms with van der Waals surface area (Å²) in [4.78, 5) is 32.9. The third kappa shape index (κ3) is 4.44. The van der Waals surface area contributed by atoms with Gasteiger partial charge < -0.3 is 19.8 Å². The maximum absolute atomic E-state index is 13.6. The molecule has 7 atom stereocenters. The highest BCUT2D eigenvalue weighted by atomic mass is 16.7. The van der Waals surface area contributed by atoms with Crippen LogP contribution in [0.15, 0.2) is 75.4 Å². The van der Waals surface area contributed by atoms with E-state index < -0.39 is 29.3 Å². The average molecular weight is 578 g/mol. The van der Waals surface area contributed by atoms with Crippen molar-refractivity contribution < 1.29 is 19.8 Å². The Morgan fingerprint density at radius 3 is 2.55 bits per heavy atom. The molecule has 2 bridgehead atoms. The van der Waals surface area contributed by atoms with E-state index in [1.54, 1.807) is 24.3 Å². The molecular formula is C29H35N7O6. The van der Waals surface area contributed by atoms with Crippen molar-refractivity contribution in [3.8, 4) is 5.69 Å². The van der Waals surface area contributed by atoms with Gasteiger partial charge in [-0.05, 0) is 37.5 Å². The number of ether oxygens (including phenoxy) is 1. The predicted octanol–water partition coefficient (Wildman–Crippen LogP) is -0.0891. The van der Waals surface area contributed by atoms with Crippen molar-refractivity contribution in [1.82, 2.24) is 29.9 Å². The smallest absolute Gasteiger partial charge is 0.352 e. The lowest BCUT2D eigenvalue weighted by Crippen LogP contribution is -2.70. The van der Waals surface area contributed by atoms with Crippen LogP contribution in [0.3, 0.4) is 0 Å². The number of para-hydroxylation sites is 1. The van der Waals surface area contributed by atoms with Crippen LogP contribution in [0.5, 0.6) is 0 Å². The fraction of sp³-hybridized carbons (Fsp3) is 0.483. The number of nitrogens with zero attached hydrogens (tertiary/aromatic N) is 5. The number of aliphatic hydroxyl groups excluding tert-OH is 1. The van der Waals surface area contributed by atoms with Crippen LogP contribution in [0.4, 0.5) is 0 Å². The maximum atomic E-state index is 13.6. The molecule has 3 saturated heterocycles. The number of hydrogen-bond acceptors (Lipinski definition) is 10. The fourth-order valence-electron chi connectivity index (χ4n) is 6.75. The van der Waals surface area contributed by atoms with Crippen LogP contribution in [0.2, 0.25) is 0 Å². The molecule has 0 radical (unpaired) electrons. The molecule has 5 aliphatic rings. The van der Waals surface area contributed by atoms with Crippen molar-refractivity contribution in [2.24, 2.45) is 11.1 Å². The maximum Gasteiger partial charge on any atom is 0.352 e.